The summed E-state index contributed by atoms with van der Waals surface area (Å²) in [7, 11) is 0. The average molecular weight is 382 g/mol. The van der Waals surface area contributed by atoms with Crippen LogP contribution in [0, 0.1) is 12.8 Å². The molecule has 1 aliphatic heterocycles. The van der Waals surface area contributed by atoms with E-state index < -0.39 is 0 Å². The van der Waals surface area contributed by atoms with Gasteiger partial charge in [-0.2, -0.15) is 0 Å². The van der Waals surface area contributed by atoms with Gasteiger partial charge in [-0.3, -0.25) is 9.59 Å². The van der Waals surface area contributed by atoms with Crippen LogP contribution >= 0.6 is 11.3 Å². The summed E-state index contributed by atoms with van der Waals surface area (Å²) in [6, 6.07) is 7.11. The van der Waals surface area contributed by atoms with Gasteiger partial charge in [-0.05, 0) is 68.4 Å². The standard InChI is InChI=1S/C20H22N4O2S/c1-12-18(27-17(23-12)10-13-4-7-21-8-5-13)20(26)24-15-2-3-16-14(11-15)6-9-22-19(16)25/h2-3,6,9,11,13,21H,4-5,7-8,10H2,1H3,(H,22,25)(H,24,26). The molecule has 0 bridgehead atoms. The molecule has 0 unspecified atom stereocenters. The van der Waals surface area contributed by atoms with Crippen LogP contribution in [-0.4, -0.2) is 29.0 Å². The molecule has 0 atom stereocenters. The number of H-pyrrole nitrogens is 1. The number of fused-ring (bicyclic) bond motifs is 1. The first-order valence-corrected chi connectivity index (χ1v) is 10.0. The lowest BCUT2D eigenvalue weighted by molar-refractivity contribution is 0.103. The van der Waals surface area contributed by atoms with Gasteiger partial charge in [0, 0.05) is 23.7 Å². The van der Waals surface area contributed by atoms with Crippen LogP contribution in [-0.2, 0) is 6.42 Å². The smallest absolute Gasteiger partial charge is 0.267 e. The number of aryl methyl sites for hydroxylation is 1. The molecule has 0 spiro atoms. The fourth-order valence-electron chi connectivity index (χ4n) is 3.54. The van der Waals surface area contributed by atoms with E-state index in [9.17, 15) is 9.59 Å². The zero-order valence-corrected chi connectivity index (χ0v) is 16.0. The van der Waals surface area contributed by atoms with Gasteiger partial charge in [0.2, 0.25) is 0 Å². The Kier molecular flexibility index (Phi) is 5.05. The molecule has 6 nitrogen and oxygen atoms in total. The van der Waals surface area contributed by atoms with Crippen molar-refractivity contribution in [3.63, 3.8) is 0 Å². The van der Waals surface area contributed by atoms with Gasteiger partial charge < -0.3 is 15.6 Å². The summed E-state index contributed by atoms with van der Waals surface area (Å²) in [5.41, 5.74) is 1.32. The lowest BCUT2D eigenvalue weighted by atomic mass is 9.95. The zero-order chi connectivity index (χ0) is 18.8. The number of thiazole rings is 1. The van der Waals surface area contributed by atoms with Crippen molar-refractivity contribution in [3.8, 4) is 0 Å². The molecule has 0 radical (unpaired) electrons. The first kappa shape index (κ1) is 17.9. The topological polar surface area (TPSA) is 86.9 Å². The van der Waals surface area contributed by atoms with Crippen LogP contribution in [0.5, 0.6) is 0 Å². The van der Waals surface area contributed by atoms with Gasteiger partial charge in [-0.25, -0.2) is 4.98 Å². The molecule has 140 valence electrons. The van der Waals surface area contributed by atoms with Crippen molar-refractivity contribution in [1.29, 1.82) is 0 Å². The van der Waals surface area contributed by atoms with Crippen LogP contribution in [0.25, 0.3) is 10.8 Å². The molecule has 27 heavy (non-hydrogen) atoms. The van der Waals surface area contributed by atoms with Crippen LogP contribution in [0.1, 0.15) is 33.2 Å². The molecule has 0 aliphatic carbocycles. The molecule has 1 aliphatic rings. The van der Waals surface area contributed by atoms with Crippen LogP contribution in [0.3, 0.4) is 0 Å². The van der Waals surface area contributed by atoms with Crippen LogP contribution in [0.15, 0.2) is 35.3 Å². The van der Waals surface area contributed by atoms with E-state index in [1.807, 2.05) is 19.1 Å². The van der Waals surface area contributed by atoms with Crippen LogP contribution in [0.4, 0.5) is 5.69 Å². The number of aromatic amines is 1. The van der Waals surface area contributed by atoms with E-state index in [0.717, 1.165) is 48.4 Å². The summed E-state index contributed by atoms with van der Waals surface area (Å²) in [6.07, 6.45) is 4.88. The highest BCUT2D eigenvalue weighted by Gasteiger charge is 2.19. The number of nitrogens with one attached hydrogen (secondary N) is 3. The maximum atomic E-state index is 12.7. The molecule has 4 rings (SSSR count). The average Bonchev–Trinajstić information content (AvgIpc) is 3.03. The molecule has 3 N–H and O–H groups in total. The molecular formula is C20H22N4O2S. The second-order valence-electron chi connectivity index (χ2n) is 6.98. The quantitative estimate of drug-likeness (QED) is 0.647. The molecule has 1 saturated heterocycles. The summed E-state index contributed by atoms with van der Waals surface area (Å²) in [6.45, 7) is 4.01. The van der Waals surface area contributed by atoms with Crippen molar-refractivity contribution in [2.24, 2.45) is 5.92 Å². The maximum absolute atomic E-state index is 12.7. The number of carbonyl (C=O) groups excluding carboxylic acids is 1. The monoisotopic (exact) mass is 382 g/mol. The number of anilines is 1. The minimum absolute atomic E-state index is 0.133. The molecule has 3 aromatic rings. The Labute approximate surface area is 161 Å². The van der Waals surface area contributed by atoms with Crippen molar-refractivity contribution in [1.82, 2.24) is 15.3 Å². The van der Waals surface area contributed by atoms with E-state index in [1.54, 1.807) is 18.3 Å². The first-order chi connectivity index (χ1) is 13.1. The van der Waals surface area contributed by atoms with E-state index in [2.05, 4.69) is 20.6 Å². The highest BCUT2D eigenvalue weighted by Crippen LogP contribution is 2.25. The number of benzene rings is 1. The van der Waals surface area contributed by atoms with E-state index in [-0.39, 0.29) is 11.5 Å². The number of amides is 1. The van der Waals surface area contributed by atoms with Gasteiger partial charge in [0.1, 0.15) is 4.88 Å². The Morgan fingerprint density at radius 3 is 2.93 bits per heavy atom. The minimum Gasteiger partial charge on any atom is -0.329 e. The summed E-state index contributed by atoms with van der Waals surface area (Å²) in [5, 5.41) is 8.75. The SMILES string of the molecule is Cc1nc(CC2CCNCC2)sc1C(=O)Nc1ccc2c(=O)[nH]ccc2c1. The molecule has 7 heteroatoms. The predicted octanol–water partition coefficient (Wildman–Crippen LogP) is 3.09. The van der Waals surface area contributed by atoms with Crippen molar-refractivity contribution in [3.05, 3.63) is 56.4 Å². The highest BCUT2D eigenvalue weighted by atomic mass is 32.1. The van der Waals surface area contributed by atoms with E-state index in [0.29, 0.717) is 21.9 Å². The fourth-order valence-corrected chi connectivity index (χ4v) is 4.62. The Hall–Kier alpha value is -2.51. The normalized spacial score (nSPS) is 15.1. The summed E-state index contributed by atoms with van der Waals surface area (Å²) >= 11 is 1.49. The molecule has 3 heterocycles. The Balaban J connectivity index is 1.50. The van der Waals surface area contributed by atoms with Gasteiger partial charge in [0.15, 0.2) is 0 Å². The Bertz CT molecular complexity index is 1030. The number of aromatic nitrogens is 2. The third-order valence-electron chi connectivity index (χ3n) is 5.00. The Morgan fingerprint density at radius 2 is 2.11 bits per heavy atom. The summed E-state index contributed by atoms with van der Waals surface area (Å²) < 4.78 is 0. The molecule has 1 fully saturated rings. The van der Waals surface area contributed by atoms with Crippen molar-refractivity contribution in [2.45, 2.75) is 26.2 Å². The van der Waals surface area contributed by atoms with Crippen molar-refractivity contribution in [2.75, 3.05) is 18.4 Å². The van der Waals surface area contributed by atoms with Crippen LogP contribution < -0.4 is 16.2 Å². The maximum Gasteiger partial charge on any atom is 0.267 e. The van der Waals surface area contributed by atoms with Gasteiger partial charge in [-0.15, -0.1) is 11.3 Å². The number of nitrogens with zero attached hydrogens (tertiary/aromatic N) is 1. The molecule has 0 saturated carbocycles. The largest absolute Gasteiger partial charge is 0.329 e. The van der Waals surface area contributed by atoms with Gasteiger partial charge >= 0.3 is 0 Å². The molecular weight excluding hydrogens is 360 g/mol. The number of hydrogen-bond acceptors (Lipinski definition) is 5. The van der Waals surface area contributed by atoms with Crippen molar-refractivity contribution >= 4 is 33.7 Å². The lowest BCUT2D eigenvalue weighted by Crippen LogP contribution is -2.28. The third kappa shape index (κ3) is 3.94. The number of rotatable bonds is 4. The number of piperidine rings is 1. The summed E-state index contributed by atoms with van der Waals surface area (Å²) in [5.74, 6) is 0.497. The van der Waals surface area contributed by atoms with Crippen LogP contribution in [0.2, 0.25) is 0 Å². The highest BCUT2D eigenvalue weighted by molar-refractivity contribution is 7.13. The number of pyridine rings is 1. The second kappa shape index (κ2) is 7.62. The van der Waals surface area contributed by atoms with E-state index >= 15 is 0 Å². The number of carbonyl (C=O) groups is 1. The van der Waals surface area contributed by atoms with Crippen molar-refractivity contribution < 1.29 is 4.79 Å². The van der Waals surface area contributed by atoms with E-state index in [4.69, 9.17) is 0 Å². The Morgan fingerprint density at radius 1 is 1.30 bits per heavy atom. The fraction of sp³-hybridized carbons (Fsp3) is 0.350. The lowest BCUT2D eigenvalue weighted by Gasteiger charge is -2.21. The zero-order valence-electron chi connectivity index (χ0n) is 15.2. The first-order valence-electron chi connectivity index (χ1n) is 9.20. The minimum atomic E-state index is -0.147. The van der Waals surface area contributed by atoms with Gasteiger partial charge in [0.25, 0.3) is 11.5 Å². The molecule has 2 aromatic heterocycles. The van der Waals surface area contributed by atoms with Gasteiger partial charge in [-0.1, -0.05) is 0 Å². The number of hydrogen-bond donors (Lipinski definition) is 3. The van der Waals surface area contributed by atoms with E-state index in [1.165, 1.54) is 11.3 Å². The predicted molar refractivity (Wildman–Crippen MR) is 109 cm³/mol. The molecule has 1 amide bonds. The van der Waals surface area contributed by atoms with Gasteiger partial charge in [0.05, 0.1) is 10.7 Å². The third-order valence-corrected chi connectivity index (χ3v) is 6.18. The second-order valence-corrected chi connectivity index (χ2v) is 8.07. The summed E-state index contributed by atoms with van der Waals surface area (Å²) in [4.78, 5) is 32.4. The molecule has 1 aromatic carbocycles.